The van der Waals surface area contributed by atoms with Crippen molar-refractivity contribution in [2.75, 3.05) is 13.1 Å². The summed E-state index contributed by atoms with van der Waals surface area (Å²) < 4.78 is 1.67. The van der Waals surface area contributed by atoms with Gasteiger partial charge < -0.3 is 5.32 Å². The molecule has 1 N–H and O–H groups in total. The van der Waals surface area contributed by atoms with Crippen LogP contribution in [0.5, 0.6) is 0 Å². The fraction of sp³-hybridized carbons (Fsp3) is 0.600. The van der Waals surface area contributed by atoms with Crippen molar-refractivity contribution in [2.24, 2.45) is 5.11 Å². The molecule has 1 aromatic heterocycles. The van der Waals surface area contributed by atoms with E-state index in [0.29, 0.717) is 18.8 Å². The van der Waals surface area contributed by atoms with Gasteiger partial charge in [-0.05, 0) is 24.9 Å². The lowest BCUT2D eigenvalue weighted by molar-refractivity contribution is 0.0944. The molecule has 0 aromatic carbocycles. The predicted octanol–water partition coefficient (Wildman–Crippen LogP) is 1.51. The summed E-state index contributed by atoms with van der Waals surface area (Å²) in [4.78, 5) is 14.4. The van der Waals surface area contributed by atoms with E-state index < -0.39 is 0 Å². The molecule has 0 aliphatic rings. The minimum atomic E-state index is -0.188. The summed E-state index contributed by atoms with van der Waals surface area (Å²) in [5.41, 5.74) is 9.54. The second-order valence-electron chi connectivity index (χ2n) is 3.40. The largest absolute Gasteiger partial charge is 0.351 e. The molecule has 0 saturated carbocycles. The monoisotopic (exact) mass is 236 g/mol. The quantitative estimate of drug-likeness (QED) is 0.350. The lowest BCUT2D eigenvalue weighted by atomic mass is 10.3. The van der Waals surface area contributed by atoms with Crippen molar-refractivity contribution in [3.05, 3.63) is 27.9 Å². The van der Waals surface area contributed by atoms with Gasteiger partial charge in [-0.3, -0.25) is 9.48 Å². The van der Waals surface area contributed by atoms with Crippen molar-refractivity contribution in [1.82, 2.24) is 15.1 Å². The van der Waals surface area contributed by atoms with E-state index in [1.54, 1.807) is 10.7 Å². The van der Waals surface area contributed by atoms with Gasteiger partial charge in [0, 0.05) is 24.5 Å². The van der Waals surface area contributed by atoms with Crippen LogP contribution in [-0.4, -0.2) is 28.8 Å². The Hall–Kier alpha value is -2.01. The molecule has 0 radical (unpaired) electrons. The number of azide groups is 1. The van der Waals surface area contributed by atoms with Crippen LogP contribution in [0, 0.1) is 0 Å². The van der Waals surface area contributed by atoms with Gasteiger partial charge in [0.25, 0.3) is 5.91 Å². The Kier molecular flexibility index (Phi) is 5.03. The van der Waals surface area contributed by atoms with Crippen LogP contribution < -0.4 is 5.32 Å². The van der Waals surface area contributed by atoms with E-state index in [1.165, 1.54) is 0 Å². The van der Waals surface area contributed by atoms with E-state index in [1.807, 2.05) is 13.8 Å². The van der Waals surface area contributed by atoms with Crippen LogP contribution in [0.2, 0.25) is 0 Å². The molecule has 7 heteroatoms. The summed E-state index contributed by atoms with van der Waals surface area (Å²) in [5, 5.41) is 10.3. The molecular weight excluding hydrogens is 220 g/mol. The van der Waals surface area contributed by atoms with Crippen LogP contribution in [0.15, 0.2) is 11.2 Å². The Labute approximate surface area is 99.4 Å². The number of nitrogens with one attached hydrogen (secondary N) is 1. The normalized spacial score (nSPS) is 9.76. The molecule has 0 fully saturated rings. The highest BCUT2D eigenvalue weighted by molar-refractivity contribution is 5.92. The topological polar surface area (TPSA) is 95.7 Å². The van der Waals surface area contributed by atoms with Crippen molar-refractivity contribution >= 4 is 5.91 Å². The van der Waals surface area contributed by atoms with Gasteiger partial charge in [-0.25, -0.2) is 0 Å². The summed E-state index contributed by atoms with van der Waals surface area (Å²) >= 11 is 0. The molecule has 7 nitrogen and oxygen atoms in total. The Morgan fingerprint density at radius 3 is 3.00 bits per heavy atom. The zero-order valence-electron chi connectivity index (χ0n) is 10.1. The molecule has 0 bridgehead atoms. The van der Waals surface area contributed by atoms with Crippen molar-refractivity contribution in [2.45, 2.75) is 26.8 Å². The molecule has 0 atom stereocenters. The van der Waals surface area contributed by atoms with E-state index in [0.717, 1.165) is 12.1 Å². The number of aryl methyl sites for hydroxylation is 2. The third kappa shape index (κ3) is 3.49. The molecule has 92 valence electrons. The zero-order valence-corrected chi connectivity index (χ0v) is 10.1. The minimum absolute atomic E-state index is 0.188. The molecule has 0 unspecified atom stereocenters. The van der Waals surface area contributed by atoms with Crippen LogP contribution in [0.1, 0.15) is 30.0 Å². The summed E-state index contributed by atoms with van der Waals surface area (Å²) in [6, 6.07) is 1.78. The van der Waals surface area contributed by atoms with E-state index in [9.17, 15) is 4.79 Å². The number of hydrogen-bond acceptors (Lipinski definition) is 3. The minimum Gasteiger partial charge on any atom is -0.351 e. The van der Waals surface area contributed by atoms with Crippen molar-refractivity contribution in [3.8, 4) is 0 Å². The number of carbonyl (C=O) groups excluding carboxylic acids is 1. The average molecular weight is 236 g/mol. The van der Waals surface area contributed by atoms with Gasteiger partial charge >= 0.3 is 0 Å². The maximum absolute atomic E-state index is 11.8. The second kappa shape index (κ2) is 6.55. The molecule has 1 rings (SSSR count). The zero-order chi connectivity index (χ0) is 12.7. The van der Waals surface area contributed by atoms with Gasteiger partial charge in [0.05, 0.1) is 5.69 Å². The molecule has 1 heterocycles. The number of amides is 1. The number of hydrogen-bond donors (Lipinski definition) is 1. The molecule has 0 spiro atoms. The molecule has 1 amide bonds. The van der Waals surface area contributed by atoms with Crippen molar-refractivity contribution < 1.29 is 4.79 Å². The van der Waals surface area contributed by atoms with Crippen molar-refractivity contribution in [1.29, 1.82) is 0 Å². The van der Waals surface area contributed by atoms with Crippen molar-refractivity contribution in [3.63, 3.8) is 0 Å². The number of aromatic nitrogens is 2. The van der Waals surface area contributed by atoms with Gasteiger partial charge in [-0.2, -0.15) is 5.10 Å². The average Bonchev–Trinajstić information content (AvgIpc) is 2.77. The maximum Gasteiger partial charge on any atom is 0.269 e. The van der Waals surface area contributed by atoms with Crippen LogP contribution in [0.25, 0.3) is 10.4 Å². The molecular formula is C10H16N6O. The first-order valence-electron chi connectivity index (χ1n) is 5.58. The van der Waals surface area contributed by atoms with Gasteiger partial charge in [0.2, 0.25) is 0 Å². The first-order valence-corrected chi connectivity index (χ1v) is 5.58. The fourth-order valence-corrected chi connectivity index (χ4v) is 1.42. The first kappa shape index (κ1) is 13.1. The highest BCUT2D eigenvalue weighted by Gasteiger charge is 2.12. The van der Waals surface area contributed by atoms with Gasteiger partial charge in [-0.15, -0.1) is 0 Å². The van der Waals surface area contributed by atoms with E-state index in [-0.39, 0.29) is 12.5 Å². The summed E-state index contributed by atoms with van der Waals surface area (Å²) in [7, 11) is 0. The lowest BCUT2D eigenvalue weighted by Crippen LogP contribution is -2.28. The summed E-state index contributed by atoms with van der Waals surface area (Å²) in [5.74, 6) is -0.188. The van der Waals surface area contributed by atoms with Crippen LogP contribution >= 0.6 is 0 Å². The molecule has 1 aromatic rings. The smallest absolute Gasteiger partial charge is 0.269 e. The van der Waals surface area contributed by atoms with E-state index in [4.69, 9.17) is 5.53 Å². The van der Waals surface area contributed by atoms with Crippen LogP contribution in [0.3, 0.4) is 0 Å². The highest BCUT2D eigenvalue weighted by Crippen LogP contribution is 2.05. The first-order chi connectivity index (χ1) is 8.22. The molecule has 0 saturated heterocycles. The highest BCUT2D eigenvalue weighted by atomic mass is 16.2. The summed E-state index contributed by atoms with van der Waals surface area (Å²) in [6.45, 7) is 5.16. The Balaban J connectivity index is 2.67. The number of nitrogens with zero attached hydrogens (tertiary/aromatic N) is 5. The third-order valence-electron chi connectivity index (χ3n) is 2.29. The molecule has 17 heavy (non-hydrogen) atoms. The Morgan fingerprint density at radius 2 is 2.41 bits per heavy atom. The lowest BCUT2D eigenvalue weighted by Gasteiger charge is -2.04. The van der Waals surface area contributed by atoms with E-state index in [2.05, 4.69) is 20.4 Å². The van der Waals surface area contributed by atoms with Gasteiger partial charge in [0.15, 0.2) is 0 Å². The molecule has 0 aliphatic heterocycles. The van der Waals surface area contributed by atoms with E-state index >= 15 is 0 Å². The maximum atomic E-state index is 11.8. The number of carbonyl (C=O) groups is 1. The summed E-state index contributed by atoms with van der Waals surface area (Å²) in [6.07, 6.45) is 0.798. The standard InChI is InChI=1S/C10H16N6O/c1-3-8-7-9(16(4-2)14-8)10(17)12-5-6-13-15-11/h7H,3-6H2,1-2H3,(H,12,17). The van der Waals surface area contributed by atoms with Crippen LogP contribution in [0.4, 0.5) is 0 Å². The number of rotatable bonds is 6. The SMILES string of the molecule is CCc1cc(C(=O)NCCN=[N+]=[N-])n(CC)n1. The third-order valence-corrected chi connectivity index (χ3v) is 2.29. The predicted molar refractivity (Wildman–Crippen MR) is 63.6 cm³/mol. The Bertz CT molecular complexity index is 432. The van der Waals surface area contributed by atoms with Crippen LogP contribution in [-0.2, 0) is 13.0 Å². The second-order valence-corrected chi connectivity index (χ2v) is 3.40. The van der Waals surface area contributed by atoms with Gasteiger partial charge in [-0.1, -0.05) is 12.0 Å². The fourth-order valence-electron chi connectivity index (χ4n) is 1.42. The molecule has 0 aliphatic carbocycles. The van der Waals surface area contributed by atoms with Gasteiger partial charge in [0.1, 0.15) is 5.69 Å². The Morgan fingerprint density at radius 1 is 1.65 bits per heavy atom.